The van der Waals surface area contributed by atoms with Crippen LogP contribution in [0.2, 0.25) is 0 Å². The molecular weight excluding hydrogens is 286 g/mol. The molecule has 0 saturated carbocycles. The van der Waals surface area contributed by atoms with Gasteiger partial charge in [0.1, 0.15) is 0 Å². The van der Waals surface area contributed by atoms with Gasteiger partial charge in [-0.25, -0.2) is 0 Å². The summed E-state index contributed by atoms with van der Waals surface area (Å²) in [6.07, 6.45) is 7.03. The van der Waals surface area contributed by atoms with Gasteiger partial charge in [0, 0.05) is 43.2 Å². The summed E-state index contributed by atoms with van der Waals surface area (Å²) in [5, 5.41) is 4.48. The van der Waals surface area contributed by atoms with Gasteiger partial charge in [-0.3, -0.25) is 14.7 Å². The van der Waals surface area contributed by atoms with Crippen LogP contribution >= 0.6 is 0 Å². The number of amides is 1. The van der Waals surface area contributed by atoms with E-state index in [0.717, 1.165) is 37.9 Å². The number of rotatable bonds is 2. The summed E-state index contributed by atoms with van der Waals surface area (Å²) < 4.78 is 0. The smallest absolute Gasteiger partial charge is 0.220 e. The number of para-hydroxylation sites is 1. The summed E-state index contributed by atoms with van der Waals surface area (Å²) in [6, 6.07) is 11.3. The van der Waals surface area contributed by atoms with Gasteiger partial charge < -0.3 is 5.32 Å². The number of pyridine rings is 1. The minimum atomic E-state index is 0.232. The van der Waals surface area contributed by atoms with Crippen LogP contribution in [0.15, 0.2) is 36.5 Å². The van der Waals surface area contributed by atoms with Crippen molar-refractivity contribution in [2.45, 2.75) is 50.7 Å². The Morgan fingerprint density at radius 1 is 1.17 bits per heavy atom. The van der Waals surface area contributed by atoms with E-state index in [-0.39, 0.29) is 5.91 Å². The lowest BCUT2D eigenvalue weighted by molar-refractivity contribution is -0.122. The van der Waals surface area contributed by atoms with E-state index in [9.17, 15) is 4.79 Å². The van der Waals surface area contributed by atoms with Crippen LogP contribution in [-0.4, -0.2) is 34.4 Å². The van der Waals surface area contributed by atoms with Crippen LogP contribution in [0.3, 0.4) is 0 Å². The molecule has 2 atom stereocenters. The molecule has 2 aromatic rings. The van der Waals surface area contributed by atoms with Crippen LogP contribution in [0.25, 0.3) is 10.9 Å². The monoisotopic (exact) mass is 309 g/mol. The van der Waals surface area contributed by atoms with E-state index < -0.39 is 0 Å². The summed E-state index contributed by atoms with van der Waals surface area (Å²) in [6.45, 7) is 2.01. The van der Waals surface area contributed by atoms with Crippen LogP contribution in [0.4, 0.5) is 0 Å². The number of likely N-dealkylation sites (tertiary alicyclic amines) is 1. The number of fused-ring (bicyclic) bond motifs is 2. The topological polar surface area (TPSA) is 45.2 Å². The van der Waals surface area contributed by atoms with Gasteiger partial charge in [0.15, 0.2) is 0 Å². The Balaban J connectivity index is 1.57. The van der Waals surface area contributed by atoms with E-state index in [2.05, 4.69) is 39.5 Å². The Morgan fingerprint density at radius 2 is 2.09 bits per heavy atom. The first-order valence-corrected chi connectivity index (χ1v) is 8.67. The second-order valence-electron chi connectivity index (χ2n) is 6.73. The number of benzene rings is 1. The predicted molar refractivity (Wildman–Crippen MR) is 91.0 cm³/mol. The van der Waals surface area contributed by atoms with Gasteiger partial charge in [-0.15, -0.1) is 0 Å². The average molecular weight is 309 g/mol. The summed E-state index contributed by atoms with van der Waals surface area (Å²) in [5.41, 5.74) is 2.40. The summed E-state index contributed by atoms with van der Waals surface area (Å²) in [4.78, 5) is 18.9. The zero-order valence-corrected chi connectivity index (χ0v) is 13.4. The molecule has 1 N–H and O–H groups in total. The Labute approximate surface area is 136 Å². The molecule has 4 rings (SSSR count). The Kier molecular flexibility index (Phi) is 4.00. The molecule has 0 aliphatic carbocycles. The van der Waals surface area contributed by atoms with Crippen molar-refractivity contribution in [1.82, 2.24) is 15.2 Å². The van der Waals surface area contributed by atoms with E-state index >= 15 is 0 Å². The predicted octanol–water partition coefficient (Wildman–Crippen LogP) is 2.87. The van der Waals surface area contributed by atoms with E-state index in [0.29, 0.717) is 18.5 Å². The molecule has 4 heteroatoms. The average Bonchev–Trinajstić information content (AvgIpc) is 2.91. The number of carbonyl (C=O) groups excluding carboxylic acids is 1. The second-order valence-corrected chi connectivity index (χ2v) is 6.73. The molecule has 23 heavy (non-hydrogen) atoms. The normalized spacial score (nSPS) is 25.7. The molecule has 2 aliphatic heterocycles. The lowest BCUT2D eigenvalue weighted by Gasteiger charge is -2.30. The van der Waals surface area contributed by atoms with Gasteiger partial charge in [0.2, 0.25) is 5.91 Å². The Bertz CT molecular complexity index is 709. The fourth-order valence-electron chi connectivity index (χ4n) is 4.10. The summed E-state index contributed by atoms with van der Waals surface area (Å²) in [7, 11) is 0. The van der Waals surface area contributed by atoms with Gasteiger partial charge >= 0.3 is 0 Å². The maximum atomic E-state index is 11.9. The van der Waals surface area contributed by atoms with E-state index in [1.54, 1.807) is 0 Å². The highest BCUT2D eigenvalue weighted by Crippen LogP contribution is 2.28. The molecule has 0 spiro atoms. The number of aromatic nitrogens is 1. The zero-order chi connectivity index (χ0) is 15.6. The maximum Gasteiger partial charge on any atom is 0.220 e. The standard InChI is InChI=1S/C19H23N3O/c23-19-8-4-3-7-18-17(21-19)10-12-22(18)13-14-9-11-20-16-6-2-1-5-15(14)16/h1-2,5-6,9,11,17-18H,3-4,7-8,10,12-13H2,(H,21,23)/t17-,18+/m0/s1. The van der Waals surface area contributed by atoms with Crippen LogP contribution in [0.5, 0.6) is 0 Å². The molecule has 0 bridgehead atoms. The highest BCUT2D eigenvalue weighted by atomic mass is 16.1. The summed E-state index contributed by atoms with van der Waals surface area (Å²) >= 11 is 0. The van der Waals surface area contributed by atoms with Gasteiger partial charge in [-0.2, -0.15) is 0 Å². The number of hydrogen-bond donors (Lipinski definition) is 1. The first-order chi connectivity index (χ1) is 11.3. The molecule has 3 heterocycles. The number of nitrogens with zero attached hydrogens (tertiary/aromatic N) is 2. The van der Waals surface area contributed by atoms with E-state index in [1.165, 1.54) is 17.4 Å². The van der Waals surface area contributed by atoms with Crippen molar-refractivity contribution in [3.63, 3.8) is 0 Å². The fourth-order valence-corrected chi connectivity index (χ4v) is 4.10. The van der Waals surface area contributed by atoms with Gasteiger partial charge in [0.25, 0.3) is 0 Å². The van der Waals surface area contributed by atoms with E-state index in [1.807, 2.05) is 12.3 Å². The third kappa shape index (κ3) is 2.95. The van der Waals surface area contributed by atoms with Crippen molar-refractivity contribution in [2.24, 2.45) is 0 Å². The second kappa shape index (κ2) is 6.28. The molecule has 0 unspecified atom stereocenters. The zero-order valence-electron chi connectivity index (χ0n) is 13.4. The van der Waals surface area contributed by atoms with Crippen molar-refractivity contribution in [2.75, 3.05) is 6.54 Å². The minimum absolute atomic E-state index is 0.232. The summed E-state index contributed by atoms with van der Waals surface area (Å²) in [5.74, 6) is 0.232. The first kappa shape index (κ1) is 14.6. The third-order valence-electron chi connectivity index (χ3n) is 5.27. The molecule has 2 fully saturated rings. The number of nitrogens with one attached hydrogen (secondary N) is 1. The molecule has 4 nitrogen and oxygen atoms in total. The third-order valence-corrected chi connectivity index (χ3v) is 5.27. The van der Waals surface area contributed by atoms with Gasteiger partial charge in [-0.1, -0.05) is 24.6 Å². The van der Waals surface area contributed by atoms with Crippen LogP contribution in [-0.2, 0) is 11.3 Å². The van der Waals surface area contributed by atoms with Crippen molar-refractivity contribution < 1.29 is 4.79 Å². The molecule has 2 aliphatic rings. The lowest BCUT2D eigenvalue weighted by Crippen LogP contribution is -2.45. The molecule has 1 aromatic heterocycles. The Hall–Kier alpha value is -1.94. The van der Waals surface area contributed by atoms with Crippen LogP contribution < -0.4 is 5.32 Å². The molecule has 120 valence electrons. The molecule has 0 radical (unpaired) electrons. The maximum absolute atomic E-state index is 11.9. The minimum Gasteiger partial charge on any atom is -0.352 e. The van der Waals surface area contributed by atoms with Crippen LogP contribution in [0.1, 0.15) is 37.7 Å². The molecule has 1 aromatic carbocycles. The first-order valence-electron chi connectivity index (χ1n) is 8.67. The molecule has 1 amide bonds. The molecule has 2 saturated heterocycles. The van der Waals surface area contributed by atoms with Crippen molar-refractivity contribution in [1.29, 1.82) is 0 Å². The van der Waals surface area contributed by atoms with E-state index in [4.69, 9.17) is 0 Å². The van der Waals surface area contributed by atoms with Crippen molar-refractivity contribution >= 4 is 16.8 Å². The Morgan fingerprint density at radius 3 is 3.04 bits per heavy atom. The van der Waals surface area contributed by atoms with Gasteiger partial charge in [0.05, 0.1) is 5.52 Å². The van der Waals surface area contributed by atoms with Crippen molar-refractivity contribution in [3.05, 3.63) is 42.1 Å². The fraction of sp³-hybridized carbons (Fsp3) is 0.474. The van der Waals surface area contributed by atoms with Gasteiger partial charge in [-0.05, 0) is 37.0 Å². The highest BCUT2D eigenvalue weighted by molar-refractivity contribution is 5.81. The van der Waals surface area contributed by atoms with Crippen molar-refractivity contribution in [3.8, 4) is 0 Å². The SMILES string of the molecule is O=C1CCCC[C@@H]2[C@H](CCN2Cc2ccnc3ccccc23)N1. The number of hydrogen-bond acceptors (Lipinski definition) is 3. The lowest BCUT2D eigenvalue weighted by atomic mass is 9.98. The van der Waals surface area contributed by atoms with Crippen LogP contribution in [0, 0.1) is 0 Å². The highest BCUT2D eigenvalue weighted by Gasteiger charge is 2.35. The molecular formula is C19H23N3O. The quantitative estimate of drug-likeness (QED) is 0.928. The largest absolute Gasteiger partial charge is 0.352 e. The number of carbonyl (C=O) groups is 1.